The van der Waals surface area contributed by atoms with Gasteiger partial charge in [0.1, 0.15) is 5.82 Å². The summed E-state index contributed by atoms with van der Waals surface area (Å²) in [5.74, 6) is -0.245. The molecule has 1 aromatic carbocycles. The van der Waals surface area contributed by atoms with Crippen LogP contribution in [-0.2, 0) is 11.3 Å². The molecule has 1 fully saturated rings. The summed E-state index contributed by atoms with van der Waals surface area (Å²) in [6.07, 6.45) is 2.42. The molecule has 0 unspecified atom stereocenters. The van der Waals surface area contributed by atoms with Crippen LogP contribution in [0.2, 0.25) is 5.02 Å². The monoisotopic (exact) mass is 257 g/mol. The maximum atomic E-state index is 13.5. The number of rotatable bonds is 5. The topological polar surface area (TPSA) is 21.3 Å². The first-order valence-electron chi connectivity index (χ1n) is 5.98. The van der Waals surface area contributed by atoms with E-state index in [2.05, 4.69) is 5.32 Å². The van der Waals surface area contributed by atoms with Gasteiger partial charge in [-0.3, -0.25) is 0 Å². The number of hydrogen-bond acceptors (Lipinski definition) is 2. The highest BCUT2D eigenvalue weighted by Gasteiger charge is 2.28. The van der Waals surface area contributed by atoms with Gasteiger partial charge in [0.2, 0.25) is 0 Å². The highest BCUT2D eigenvalue weighted by molar-refractivity contribution is 6.30. The summed E-state index contributed by atoms with van der Waals surface area (Å²) in [6.45, 7) is 3.32. The molecule has 0 spiro atoms. The molecule has 1 aliphatic carbocycles. The molecule has 0 aliphatic heterocycles. The fourth-order valence-corrected chi connectivity index (χ4v) is 2.18. The third-order valence-electron chi connectivity index (χ3n) is 3.09. The third-order valence-corrected chi connectivity index (χ3v) is 3.33. The van der Waals surface area contributed by atoms with Crippen LogP contribution in [0, 0.1) is 5.82 Å². The fraction of sp³-hybridized carbons (Fsp3) is 0.538. The summed E-state index contributed by atoms with van der Waals surface area (Å²) in [5, 5.41) is 3.76. The minimum absolute atomic E-state index is 0.245. The minimum atomic E-state index is -0.245. The van der Waals surface area contributed by atoms with Crippen LogP contribution in [0.3, 0.4) is 0 Å². The number of ether oxygens (including phenoxy) is 1. The van der Waals surface area contributed by atoms with E-state index in [4.69, 9.17) is 16.3 Å². The van der Waals surface area contributed by atoms with Crippen molar-refractivity contribution in [2.75, 3.05) is 6.61 Å². The second kappa shape index (κ2) is 5.80. The molecular formula is C13H17ClFNO. The molecule has 0 amide bonds. The summed E-state index contributed by atoms with van der Waals surface area (Å²) >= 11 is 5.70. The van der Waals surface area contributed by atoms with Gasteiger partial charge in [-0.15, -0.1) is 0 Å². The Morgan fingerprint density at radius 3 is 2.88 bits per heavy atom. The first kappa shape index (κ1) is 12.8. The Morgan fingerprint density at radius 1 is 1.47 bits per heavy atom. The van der Waals surface area contributed by atoms with Crippen molar-refractivity contribution >= 4 is 11.6 Å². The van der Waals surface area contributed by atoms with E-state index in [0.717, 1.165) is 19.4 Å². The van der Waals surface area contributed by atoms with Crippen LogP contribution >= 0.6 is 11.6 Å². The van der Waals surface area contributed by atoms with E-state index >= 15 is 0 Å². The molecule has 4 heteroatoms. The van der Waals surface area contributed by atoms with Gasteiger partial charge in [0.15, 0.2) is 0 Å². The summed E-state index contributed by atoms with van der Waals surface area (Å²) in [7, 11) is 0. The molecule has 0 bridgehead atoms. The van der Waals surface area contributed by atoms with E-state index in [1.54, 1.807) is 12.1 Å². The Morgan fingerprint density at radius 2 is 2.24 bits per heavy atom. The lowest BCUT2D eigenvalue weighted by atomic mass is 9.89. The van der Waals surface area contributed by atoms with Gasteiger partial charge in [0.05, 0.1) is 6.10 Å². The Kier molecular flexibility index (Phi) is 4.37. The van der Waals surface area contributed by atoms with Gasteiger partial charge in [-0.05, 0) is 31.9 Å². The minimum Gasteiger partial charge on any atom is -0.378 e. The van der Waals surface area contributed by atoms with E-state index in [0.29, 0.717) is 29.3 Å². The van der Waals surface area contributed by atoms with Crippen LogP contribution in [0.15, 0.2) is 18.2 Å². The van der Waals surface area contributed by atoms with Crippen LogP contribution in [0.1, 0.15) is 25.3 Å². The standard InChI is InChI=1S/C13H17ClFNO/c1-2-17-12-6-11(7-12)16-8-9-3-4-10(14)5-13(9)15/h3-5,11-12,16H,2,6-8H2,1H3. The van der Waals surface area contributed by atoms with Gasteiger partial charge in [-0.2, -0.15) is 0 Å². The maximum absolute atomic E-state index is 13.5. The summed E-state index contributed by atoms with van der Waals surface area (Å²) in [4.78, 5) is 0. The van der Waals surface area contributed by atoms with E-state index in [9.17, 15) is 4.39 Å². The molecule has 0 heterocycles. The van der Waals surface area contributed by atoms with Gasteiger partial charge >= 0.3 is 0 Å². The lowest BCUT2D eigenvalue weighted by molar-refractivity contribution is -0.0102. The van der Waals surface area contributed by atoms with E-state index in [1.165, 1.54) is 6.07 Å². The lowest BCUT2D eigenvalue weighted by Gasteiger charge is -2.35. The number of hydrogen-bond donors (Lipinski definition) is 1. The average molecular weight is 258 g/mol. The van der Waals surface area contributed by atoms with Gasteiger partial charge < -0.3 is 10.1 Å². The second-order valence-corrected chi connectivity index (χ2v) is 4.80. The van der Waals surface area contributed by atoms with Crippen molar-refractivity contribution in [3.8, 4) is 0 Å². The molecule has 0 atom stereocenters. The Balaban J connectivity index is 1.76. The van der Waals surface area contributed by atoms with E-state index in [1.807, 2.05) is 6.92 Å². The summed E-state index contributed by atoms with van der Waals surface area (Å²) in [5.41, 5.74) is 0.661. The van der Waals surface area contributed by atoms with Crippen molar-refractivity contribution in [1.29, 1.82) is 0 Å². The van der Waals surface area contributed by atoms with Crippen molar-refractivity contribution in [2.45, 2.75) is 38.5 Å². The van der Waals surface area contributed by atoms with Crippen LogP contribution < -0.4 is 5.32 Å². The van der Waals surface area contributed by atoms with Crippen molar-refractivity contribution in [1.82, 2.24) is 5.32 Å². The molecule has 17 heavy (non-hydrogen) atoms. The van der Waals surface area contributed by atoms with Crippen LogP contribution in [-0.4, -0.2) is 18.8 Å². The number of nitrogens with one attached hydrogen (secondary N) is 1. The molecule has 94 valence electrons. The third kappa shape index (κ3) is 3.41. The van der Waals surface area contributed by atoms with E-state index in [-0.39, 0.29) is 5.82 Å². The van der Waals surface area contributed by atoms with Gasteiger partial charge in [0.25, 0.3) is 0 Å². The maximum Gasteiger partial charge on any atom is 0.129 e. The number of halogens is 2. The van der Waals surface area contributed by atoms with Gasteiger partial charge in [0, 0.05) is 29.8 Å². The molecule has 0 aromatic heterocycles. The van der Waals surface area contributed by atoms with E-state index < -0.39 is 0 Å². The zero-order valence-electron chi connectivity index (χ0n) is 9.88. The Bertz CT molecular complexity index is 380. The summed E-state index contributed by atoms with van der Waals surface area (Å²) < 4.78 is 18.9. The zero-order valence-corrected chi connectivity index (χ0v) is 10.6. The Hall–Kier alpha value is -0.640. The fourth-order valence-electron chi connectivity index (χ4n) is 2.02. The van der Waals surface area contributed by atoms with Crippen LogP contribution in [0.25, 0.3) is 0 Å². The first-order chi connectivity index (χ1) is 8.19. The molecule has 2 nitrogen and oxygen atoms in total. The second-order valence-electron chi connectivity index (χ2n) is 4.36. The largest absolute Gasteiger partial charge is 0.378 e. The van der Waals surface area contributed by atoms with Crippen LogP contribution in [0.4, 0.5) is 4.39 Å². The van der Waals surface area contributed by atoms with Gasteiger partial charge in [-0.1, -0.05) is 17.7 Å². The molecule has 2 rings (SSSR count). The molecule has 1 N–H and O–H groups in total. The predicted octanol–water partition coefficient (Wildman–Crippen LogP) is 3.14. The van der Waals surface area contributed by atoms with Crippen molar-refractivity contribution in [3.05, 3.63) is 34.6 Å². The lowest BCUT2D eigenvalue weighted by Crippen LogP contribution is -2.45. The highest BCUT2D eigenvalue weighted by atomic mass is 35.5. The van der Waals surface area contributed by atoms with Crippen molar-refractivity contribution < 1.29 is 9.13 Å². The van der Waals surface area contributed by atoms with Crippen molar-refractivity contribution in [3.63, 3.8) is 0 Å². The van der Waals surface area contributed by atoms with Crippen LogP contribution in [0.5, 0.6) is 0 Å². The first-order valence-corrected chi connectivity index (χ1v) is 6.35. The SMILES string of the molecule is CCOC1CC(NCc2ccc(Cl)cc2F)C1. The zero-order chi connectivity index (χ0) is 12.3. The van der Waals surface area contributed by atoms with Crippen molar-refractivity contribution in [2.24, 2.45) is 0 Å². The number of benzene rings is 1. The molecular weight excluding hydrogens is 241 g/mol. The molecule has 1 aliphatic rings. The average Bonchev–Trinajstić information content (AvgIpc) is 2.23. The highest BCUT2D eigenvalue weighted by Crippen LogP contribution is 2.24. The molecule has 1 saturated carbocycles. The molecule has 0 radical (unpaired) electrons. The normalized spacial score (nSPS) is 23.5. The molecule has 1 aromatic rings. The smallest absolute Gasteiger partial charge is 0.129 e. The summed E-state index contributed by atoms with van der Waals surface area (Å²) in [6, 6.07) is 5.23. The quantitative estimate of drug-likeness (QED) is 0.875. The van der Waals surface area contributed by atoms with Gasteiger partial charge in [-0.25, -0.2) is 4.39 Å². The predicted molar refractivity (Wildman–Crippen MR) is 66.7 cm³/mol. The molecule has 0 saturated heterocycles. The Labute approximate surface area is 106 Å².